The highest BCUT2D eigenvalue weighted by molar-refractivity contribution is 6.32. The number of fused-ring (bicyclic) bond motifs is 1. The van der Waals surface area contributed by atoms with Crippen molar-refractivity contribution in [3.8, 4) is 11.5 Å². The minimum absolute atomic E-state index is 0.139. The van der Waals surface area contributed by atoms with E-state index >= 15 is 0 Å². The molecular weight excluding hydrogens is 370 g/mol. The number of nitrogens with zero attached hydrogens (tertiary/aromatic N) is 1. The number of urea groups is 1. The van der Waals surface area contributed by atoms with Gasteiger partial charge in [-0.05, 0) is 12.1 Å². The molecule has 0 bridgehead atoms. The van der Waals surface area contributed by atoms with Gasteiger partial charge in [0.25, 0.3) is 5.56 Å². The smallest absolute Gasteiger partial charge is 0.323 e. The standard InChI is InChI=1S/C19H18ClN3O4/c1-23-10-15(11-6-4-5-7-12(11)18(23)24)22-19(25)21-14-8-13(20)16(26-2)9-17(14)27-3/h4-10H,1-3H3,(H2,21,22,25). The van der Waals surface area contributed by atoms with Crippen LogP contribution in [0.3, 0.4) is 0 Å². The molecule has 0 spiro atoms. The Balaban J connectivity index is 1.92. The number of amides is 2. The summed E-state index contributed by atoms with van der Waals surface area (Å²) in [7, 11) is 4.60. The number of anilines is 2. The first kappa shape index (κ1) is 18.6. The molecule has 140 valence electrons. The Morgan fingerprint density at radius 1 is 1.00 bits per heavy atom. The Bertz CT molecular complexity index is 1080. The second-order valence-corrected chi connectivity index (χ2v) is 6.18. The van der Waals surface area contributed by atoms with Crippen LogP contribution in [0.2, 0.25) is 5.02 Å². The molecule has 3 rings (SSSR count). The molecule has 7 nitrogen and oxygen atoms in total. The molecular formula is C19H18ClN3O4. The van der Waals surface area contributed by atoms with Crippen LogP contribution in [0.5, 0.6) is 11.5 Å². The van der Waals surface area contributed by atoms with E-state index in [0.717, 1.165) is 0 Å². The molecule has 0 atom stereocenters. The van der Waals surface area contributed by atoms with Crippen molar-refractivity contribution < 1.29 is 14.3 Å². The maximum Gasteiger partial charge on any atom is 0.323 e. The largest absolute Gasteiger partial charge is 0.495 e. The summed E-state index contributed by atoms with van der Waals surface area (Å²) in [5.41, 5.74) is 0.749. The van der Waals surface area contributed by atoms with Crippen LogP contribution in [-0.2, 0) is 7.05 Å². The minimum Gasteiger partial charge on any atom is -0.495 e. The molecule has 3 aromatic rings. The van der Waals surface area contributed by atoms with E-state index in [-0.39, 0.29) is 5.56 Å². The monoisotopic (exact) mass is 387 g/mol. The number of pyridine rings is 1. The van der Waals surface area contributed by atoms with Crippen molar-refractivity contribution in [3.63, 3.8) is 0 Å². The second kappa shape index (κ2) is 7.59. The van der Waals surface area contributed by atoms with Crippen molar-refractivity contribution in [1.82, 2.24) is 4.57 Å². The molecule has 0 aliphatic heterocycles. The fraction of sp³-hybridized carbons (Fsp3) is 0.158. The summed E-state index contributed by atoms with van der Waals surface area (Å²) in [5.74, 6) is 0.834. The summed E-state index contributed by atoms with van der Waals surface area (Å²) in [5, 5.41) is 6.96. The summed E-state index contributed by atoms with van der Waals surface area (Å²) in [6, 6.07) is 9.69. The predicted molar refractivity (Wildman–Crippen MR) is 106 cm³/mol. The first-order chi connectivity index (χ1) is 12.9. The molecule has 27 heavy (non-hydrogen) atoms. The summed E-state index contributed by atoms with van der Waals surface area (Å²) >= 11 is 6.13. The first-order valence-electron chi connectivity index (χ1n) is 8.02. The van der Waals surface area contributed by atoms with Crippen molar-refractivity contribution in [2.45, 2.75) is 0 Å². The number of hydrogen-bond acceptors (Lipinski definition) is 4. The molecule has 8 heteroatoms. The van der Waals surface area contributed by atoms with Crippen LogP contribution in [0, 0.1) is 0 Å². The van der Waals surface area contributed by atoms with Gasteiger partial charge in [-0.1, -0.05) is 29.8 Å². The van der Waals surface area contributed by atoms with Gasteiger partial charge in [-0.2, -0.15) is 0 Å². The lowest BCUT2D eigenvalue weighted by Gasteiger charge is -2.15. The number of benzene rings is 2. The maximum atomic E-state index is 12.5. The van der Waals surface area contributed by atoms with Crippen LogP contribution >= 0.6 is 11.6 Å². The number of nitrogens with one attached hydrogen (secondary N) is 2. The van der Waals surface area contributed by atoms with E-state index in [4.69, 9.17) is 21.1 Å². The number of halogens is 1. The lowest BCUT2D eigenvalue weighted by Crippen LogP contribution is -2.23. The van der Waals surface area contributed by atoms with Gasteiger partial charge in [0, 0.05) is 30.1 Å². The van der Waals surface area contributed by atoms with Crippen molar-refractivity contribution in [3.05, 3.63) is 58.0 Å². The summed E-state index contributed by atoms with van der Waals surface area (Å²) < 4.78 is 11.8. The van der Waals surface area contributed by atoms with E-state index < -0.39 is 6.03 Å². The van der Waals surface area contributed by atoms with Crippen LogP contribution in [0.1, 0.15) is 0 Å². The number of ether oxygens (including phenoxy) is 2. The van der Waals surface area contributed by atoms with Crippen molar-refractivity contribution in [2.24, 2.45) is 7.05 Å². The molecule has 0 aliphatic carbocycles. The molecule has 1 heterocycles. The van der Waals surface area contributed by atoms with E-state index in [2.05, 4.69) is 10.6 Å². The zero-order chi connectivity index (χ0) is 19.6. The number of hydrogen-bond donors (Lipinski definition) is 2. The number of carbonyl (C=O) groups excluding carboxylic acids is 1. The van der Waals surface area contributed by atoms with E-state index in [9.17, 15) is 9.59 Å². The second-order valence-electron chi connectivity index (χ2n) is 5.77. The predicted octanol–water partition coefficient (Wildman–Crippen LogP) is 3.85. The van der Waals surface area contributed by atoms with Gasteiger partial charge >= 0.3 is 6.03 Å². The van der Waals surface area contributed by atoms with Crippen molar-refractivity contribution in [2.75, 3.05) is 24.9 Å². The molecule has 2 N–H and O–H groups in total. The van der Waals surface area contributed by atoms with Gasteiger partial charge in [0.15, 0.2) is 0 Å². The summed E-state index contributed by atoms with van der Waals surface area (Å²) in [6.45, 7) is 0. The molecule has 2 amide bonds. The molecule has 2 aromatic carbocycles. The van der Waals surface area contributed by atoms with Crippen LogP contribution in [0.4, 0.5) is 16.2 Å². The molecule has 0 fully saturated rings. The van der Waals surface area contributed by atoms with Gasteiger partial charge in [0.2, 0.25) is 0 Å². The number of methoxy groups -OCH3 is 2. The van der Waals surface area contributed by atoms with E-state index in [0.29, 0.717) is 38.7 Å². The van der Waals surface area contributed by atoms with Gasteiger partial charge < -0.3 is 24.7 Å². The normalized spacial score (nSPS) is 10.5. The Morgan fingerprint density at radius 3 is 2.30 bits per heavy atom. The Kier molecular flexibility index (Phi) is 5.23. The summed E-state index contributed by atoms with van der Waals surface area (Å²) in [6.07, 6.45) is 1.57. The number of aromatic nitrogens is 1. The Morgan fingerprint density at radius 2 is 1.63 bits per heavy atom. The third-order valence-electron chi connectivity index (χ3n) is 4.06. The Labute approximate surface area is 160 Å². The third-order valence-corrected chi connectivity index (χ3v) is 4.36. The van der Waals surface area contributed by atoms with E-state index in [1.165, 1.54) is 24.9 Å². The fourth-order valence-electron chi connectivity index (χ4n) is 2.75. The maximum absolute atomic E-state index is 12.5. The average Bonchev–Trinajstić information content (AvgIpc) is 2.66. The van der Waals surface area contributed by atoms with Gasteiger partial charge in [-0.15, -0.1) is 0 Å². The average molecular weight is 388 g/mol. The number of carbonyl (C=O) groups is 1. The Hall–Kier alpha value is -3.19. The molecule has 0 aliphatic rings. The lowest BCUT2D eigenvalue weighted by molar-refractivity contribution is 0.262. The van der Waals surface area contributed by atoms with Crippen LogP contribution in [0.25, 0.3) is 10.8 Å². The highest BCUT2D eigenvalue weighted by Gasteiger charge is 2.14. The van der Waals surface area contributed by atoms with Crippen LogP contribution in [0.15, 0.2) is 47.4 Å². The van der Waals surface area contributed by atoms with Gasteiger partial charge in [-0.3, -0.25) is 4.79 Å². The molecule has 0 saturated heterocycles. The van der Waals surface area contributed by atoms with E-state index in [1.54, 1.807) is 43.6 Å². The SMILES string of the molecule is COc1cc(OC)c(NC(=O)Nc2cn(C)c(=O)c3ccccc23)cc1Cl. The zero-order valence-electron chi connectivity index (χ0n) is 15.0. The summed E-state index contributed by atoms with van der Waals surface area (Å²) in [4.78, 5) is 24.7. The van der Waals surface area contributed by atoms with Gasteiger partial charge in [0.1, 0.15) is 11.5 Å². The first-order valence-corrected chi connectivity index (χ1v) is 8.40. The highest BCUT2D eigenvalue weighted by atomic mass is 35.5. The van der Waals surface area contributed by atoms with Gasteiger partial charge in [0.05, 0.1) is 30.6 Å². The highest BCUT2D eigenvalue weighted by Crippen LogP contribution is 2.36. The minimum atomic E-state index is -0.502. The van der Waals surface area contributed by atoms with E-state index in [1.807, 2.05) is 0 Å². The van der Waals surface area contributed by atoms with Crippen LogP contribution < -0.4 is 25.7 Å². The number of rotatable bonds is 4. The van der Waals surface area contributed by atoms with Crippen LogP contribution in [-0.4, -0.2) is 24.8 Å². The van der Waals surface area contributed by atoms with Crippen molar-refractivity contribution >= 4 is 39.8 Å². The molecule has 0 radical (unpaired) electrons. The molecule has 0 saturated carbocycles. The topological polar surface area (TPSA) is 81.6 Å². The molecule has 1 aromatic heterocycles. The fourth-order valence-corrected chi connectivity index (χ4v) is 2.99. The van der Waals surface area contributed by atoms with Crippen molar-refractivity contribution in [1.29, 1.82) is 0 Å². The third kappa shape index (κ3) is 3.68. The molecule has 0 unspecified atom stereocenters. The lowest BCUT2D eigenvalue weighted by atomic mass is 10.1. The quantitative estimate of drug-likeness (QED) is 0.712. The number of aryl methyl sites for hydroxylation is 1. The zero-order valence-corrected chi connectivity index (χ0v) is 15.8. The van der Waals surface area contributed by atoms with Gasteiger partial charge in [-0.25, -0.2) is 4.79 Å².